The fraction of sp³-hybridized carbons (Fsp3) is 0.385. The van der Waals surface area contributed by atoms with E-state index in [0.29, 0.717) is 23.4 Å². The van der Waals surface area contributed by atoms with Gasteiger partial charge in [0, 0.05) is 11.6 Å². The molecule has 96 valence electrons. The lowest BCUT2D eigenvalue weighted by Crippen LogP contribution is -2.26. The van der Waals surface area contributed by atoms with Crippen molar-refractivity contribution < 1.29 is 4.79 Å². The maximum atomic E-state index is 11.8. The first-order chi connectivity index (χ1) is 8.56. The van der Waals surface area contributed by atoms with E-state index in [2.05, 4.69) is 29.5 Å². The molecule has 1 atom stereocenters. The van der Waals surface area contributed by atoms with Crippen LogP contribution in [-0.4, -0.2) is 18.4 Å². The van der Waals surface area contributed by atoms with E-state index >= 15 is 0 Å². The molecule has 1 aromatic carbocycles. The molecule has 2 rings (SSSR count). The standard InChI is InChI=1S/C13H16ClN3O/c1-8(2)7-15-13-16-11(12(18)17-13)9-4-3-5-10(14)6-9/h3-6,8,11H,7H2,1-2H3,(H2,15,16,17,18). The van der Waals surface area contributed by atoms with E-state index in [9.17, 15) is 4.79 Å². The SMILES string of the molecule is CC(C)CN=C1NC(=O)C(c2cccc(Cl)c2)N1. The summed E-state index contributed by atoms with van der Waals surface area (Å²) >= 11 is 5.92. The van der Waals surface area contributed by atoms with Crippen molar-refractivity contribution in [1.29, 1.82) is 0 Å². The normalized spacial score (nSPS) is 21.2. The summed E-state index contributed by atoms with van der Waals surface area (Å²) < 4.78 is 0. The number of amides is 1. The van der Waals surface area contributed by atoms with Gasteiger partial charge in [-0.15, -0.1) is 0 Å². The second-order valence-electron chi connectivity index (χ2n) is 4.70. The number of rotatable bonds is 3. The molecule has 1 heterocycles. The second kappa shape index (κ2) is 5.40. The molecular formula is C13H16ClN3O. The Morgan fingerprint density at radius 2 is 2.22 bits per heavy atom. The van der Waals surface area contributed by atoms with Crippen LogP contribution in [0.5, 0.6) is 0 Å². The number of hydrogen-bond acceptors (Lipinski definition) is 2. The lowest BCUT2D eigenvalue weighted by atomic mass is 10.1. The van der Waals surface area contributed by atoms with Gasteiger partial charge in [0.2, 0.25) is 0 Å². The minimum atomic E-state index is -0.408. The molecule has 1 unspecified atom stereocenters. The van der Waals surface area contributed by atoms with Crippen LogP contribution in [0.25, 0.3) is 0 Å². The quantitative estimate of drug-likeness (QED) is 0.880. The molecule has 0 bridgehead atoms. The summed E-state index contributed by atoms with van der Waals surface area (Å²) in [6.45, 7) is 4.84. The fourth-order valence-electron chi connectivity index (χ4n) is 1.71. The van der Waals surface area contributed by atoms with Crippen LogP contribution < -0.4 is 10.6 Å². The Hall–Kier alpha value is -1.55. The molecule has 2 N–H and O–H groups in total. The Morgan fingerprint density at radius 3 is 2.89 bits per heavy atom. The van der Waals surface area contributed by atoms with Crippen molar-refractivity contribution >= 4 is 23.5 Å². The number of guanidine groups is 1. The second-order valence-corrected chi connectivity index (χ2v) is 5.14. The smallest absolute Gasteiger partial charge is 0.253 e. The third kappa shape index (κ3) is 3.01. The summed E-state index contributed by atoms with van der Waals surface area (Å²) in [4.78, 5) is 16.2. The largest absolute Gasteiger partial charge is 0.340 e. The number of aliphatic imine (C=N–C) groups is 1. The third-order valence-corrected chi connectivity index (χ3v) is 2.82. The van der Waals surface area contributed by atoms with Crippen LogP contribution in [0.1, 0.15) is 25.5 Å². The van der Waals surface area contributed by atoms with E-state index in [0.717, 1.165) is 5.56 Å². The van der Waals surface area contributed by atoms with Gasteiger partial charge in [-0.25, -0.2) is 0 Å². The number of halogens is 1. The molecular weight excluding hydrogens is 250 g/mol. The number of nitrogens with zero attached hydrogens (tertiary/aromatic N) is 1. The average molecular weight is 266 g/mol. The molecule has 0 radical (unpaired) electrons. The van der Waals surface area contributed by atoms with Crippen LogP contribution in [0.3, 0.4) is 0 Å². The maximum absolute atomic E-state index is 11.8. The molecule has 0 spiro atoms. The Bertz CT molecular complexity index is 485. The molecule has 1 fully saturated rings. The predicted molar refractivity (Wildman–Crippen MR) is 72.6 cm³/mol. The maximum Gasteiger partial charge on any atom is 0.253 e. The van der Waals surface area contributed by atoms with Crippen molar-refractivity contribution in [2.45, 2.75) is 19.9 Å². The molecule has 0 saturated carbocycles. The van der Waals surface area contributed by atoms with E-state index in [1.807, 2.05) is 12.1 Å². The highest BCUT2D eigenvalue weighted by Crippen LogP contribution is 2.20. The van der Waals surface area contributed by atoms with Gasteiger partial charge in [0.15, 0.2) is 5.96 Å². The van der Waals surface area contributed by atoms with E-state index in [-0.39, 0.29) is 5.91 Å². The van der Waals surface area contributed by atoms with Crippen LogP contribution in [0.4, 0.5) is 0 Å². The Morgan fingerprint density at radius 1 is 1.44 bits per heavy atom. The van der Waals surface area contributed by atoms with E-state index in [1.54, 1.807) is 12.1 Å². The van der Waals surface area contributed by atoms with Gasteiger partial charge in [0.25, 0.3) is 5.91 Å². The number of hydrogen-bond donors (Lipinski definition) is 2. The highest BCUT2D eigenvalue weighted by molar-refractivity contribution is 6.30. The highest BCUT2D eigenvalue weighted by Gasteiger charge is 2.29. The third-order valence-electron chi connectivity index (χ3n) is 2.58. The molecule has 1 aliphatic rings. The van der Waals surface area contributed by atoms with Gasteiger partial charge < -0.3 is 5.32 Å². The minimum Gasteiger partial charge on any atom is -0.340 e. The zero-order valence-corrected chi connectivity index (χ0v) is 11.2. The summed E-state index contributed by atoms with van der Waals surface area (Å²) in [6.07, 6.45) is 0. The van der Waals surface area contributed by atoms with Crippen LogP contribution in [0.2, 0.25) is 5.02 Å². The summed E-state index contributed by atoms with van der Waals surface area (Å²) in [5.74, 6) is 0.903. The topological polar surface area (TPSA) is 53.5 Å². The van der Waals surface area contributed by atoms with Gasteiger partial charge in [-0.2, -0.15) is 0 Å². The van der Waals surface area contributed by atoms with E-state index in [4.69, 9.17) is 11.6 Å². The van der Waals surface area contributed by atoms with Crippen LogP contribution >= 0.6 is 11.6 Å². The molecule has 4 nitrogen and oxygen atoms in total. The van der Waals surface area contributed by atoms with Crippen molar-refractivity contribution in [1.82, 2.24) is 10.6 Å². The van der Waals surface area contributed by atoms with E-state index in [1.165, 1.54) is 0 Å². The van der Waals surface area contributed by atoms with Crippen LogP contribution in [0.15, 0.2) is 29.3 Å². The molecule has 0 aromatic heterocycles. The zero-order chi connectivity index (χ0) is 13.1. The first-order valence-corrected chi connectivity index (χ1v) is 6.31. The Balaban J connectivity index is 2.12. The molecule has 1 saturated heterocycles. The summed E-state index contributed by atoms with van der Waals surface area (Å²) in [5, 5.41) is 6.42. The first-order valence-electron chi connectivity index (χ1n) is 5.93. The van der Waals surface area contributed by atoms with Crippen LogP contribution in [-0.2, 0) is 4.79 Å². The highest BCUT2D eigenvalue weighted by atomic mass is 35.5. The van der Waals surface area contributed by atoms with Gasteiger partial charge in [-0.05, 0) is 23.6 Å². The fourth-order valence-corrected chi connectivity index (χ4v) is 1.91. The van der Waals surface area contributed by atoms with Crippen molar-refractivity contribution in [3.05, 3.63) is 34.9 Å². The van der Waals surface area contributed by atoms with Crippen molar-refractivity contribution in [2.24, 2.45) is 10.9 Å². The summed E-state index contributed by atoms with van der Waals surface area (Å²) in [6, 6.07) is 6.86. The molecule has 18 heavy (non-hydrogen) atoms. The Labute approximate surface area is 111 Å². The average Bonchev–Trinajstić information content (AvgIpc) is 2.68. The number of carbonyl (C=O) groups excluding carboxylic acids is 1. The summed E-state index contributed by atoms with van der Waals surface area (Å²) in [5.41, 5.74) is 0.842. The monoisotopic (exact) mass is 265 g/mol. The Kier molecular flexibility index (Phi) is 3.87. The molecule has 5 heteroatoms. The lowest BCUT2D eigenvalue weighted by Gasteiger charge is -2.08. The zero-order valence-electron chi connectivity index (χ0n) is 10.4. The van der Waals surface area contributed by atoms with Gasteiger partial charge in [0.1, 0.15) is 6.04 Å². The van der Waals surface area contributed by atoms with Gasteiger partial charge >= 0.3 is 0 Å². The van der Waals surface area contributed by atoms with Crippen molar-refractivity contribution in [3.8, 4) is 0 Å². The first kappa shape index (κ1) is 12.9. The van der Waals surface area contributed by atoms with Gasteiger partial charge in [-0.1, -0.05) is 37.6 Å². The van der Waals surface area contributed by atoms with Crippen molar-refractivity contribution in [2.75, 3.05) is 6.54 Å². The minimum absolute atomic E-state index is 0.0974. The summed E-state index contributed by atoms with van der Waals surface area (Å²) in [7, 11) is 0. The van der Waals surface area contributed by atoms with E-state index < -0.39 is 6.04 Å². The molecule has 0 aliphatic carbocycles. The van der Waals surface area contributed by atoms with Gasteiger partial charge in [0.05, 0.1) is 0 Å². The van der Waals surface area contributed by atoms with Crippen molar-refractivity contribution in [3.63, 3.8) is 0 Å². The predicted octanol–water partition coefficient (Wildman–Crippen LogP) is 2.11. The number of nitrogens with one attached hydrogen (secondary N) is 2. The number of carbonyl (C=O) groups is 1. The molecule has 1 aromatic rings. The molecule has 1 amide bonds. The number of benzene rings is 1. The van der Waals surface area contributed by atoms with Crippen LogP contribution in [0, 0.1) is 5.92 Å². The lowest BCUT2D eigenvalue weighted by molar-refractivity contribution is -0.120. The van der Waals surface area contributed by atoms with Gasteiger partial charge in [-0.3, -0.25) is 15.1 Å². The molecule has 1 aliphatic heterocycles.